The average Bonchev–Trinajstić information content (AvgIpc) is 3.61. The van der Waals surface area contributed by atoms with Crippen molar-refractivity contribution in [2.45, 2.75) is 51.1 Å². The molecule has 0 bridgehead atoms. The van der Waals surface area contributed by atoms with Gasteiger partial charge in [-0.05, 0) is 46.4 Å². The maximum absolute atomic E-state index is 13.1. The van der Waals surface area contributed by atoms with Crippen molar-refractivity contribution in [1.29, 1.82) is 0 Å². The van der Waals surface area contributed by atoms with E-state index in [-0.39, 0.29) is 49.2 Å². The van der Waals surface area contributed by atoms with Crippen LogP contribution in [0, 0.1) is 5.92 Å². The number of carbonyl (C=O) groups is 2. The van der Waals surface area contributed by atoms with E-state index >= 15 is 0 Å². The number of ether oxygens (including phenoxy) is 2. The summed E-state index contributed by atoms with van der Waals surface area (Å²) in [4.78, 5) is 29.7. The fourth-order valence-electron chi connectivity index (χ4n) is 6.87. The van der Waals surface area contributed by atoms with Crippen molar-refractivity contribution in [3.05, 3.63) is 130 Å². The van der Waals surface area contributed by atoms with Crippen LogP contribution in [0.1, 0.15) is 68.7 Å². The molecule has 4 aromatic carbocycles. The number of imide groups is 1. The van der Waals surface area contributed by atoms with Crippen LogP contribution in [0.25, 0.3) is 11.1 Å². The molecule has 8 heteroatoms. The van der Waals surface area contributed by atoms with E-state index in [0.29, 0.717) is 24.2 Å². The summed E-state index contributed by atoms with van der Waals surface area (Å²) in [6, 6.07) is 30.7. The molecule has 0 saturated carbocycles. The SMILES string of the molecule is CC1C(CN2CCC(O)C2)OC(c2ccc(-c3ccccc3CN3C(=O)c4ccccc4C3=O)cc2)OC1c1ccc(CO)cc1. The minimum absolute atomic E-state index is 0.0131. The molecule has 5 atom stereocenters. The molecule has 4 aromatic rings. The lowest BCUT2D eigenvalue weighted by atomic mass is 9.90. The van der Waals surface area contributed by atoms with E-state index in [0.717, 1.165) is 46.3 Å². The van der Waals surface area contributed by atoms with Crippen LogP contribution in [0.2, 0.25) is 0 Å². The minimum atomic E-state index is -0.598. The number of nitrogens with zero attached hydrogens (tertiary/aromatic N) is 2. The molecule has 7 rings (SSSR count). The van der Waals surface area contributed by atoms with Crippen molar-refractivity contribution in [2.24, 2.45) is 5.92 Å². The van der Waals surface area contributed by atoms with Gasteiger partial charge in [-0.15, -0.1) is 0 Å². The Balaban J connectivity index is 1.13. The zero-order valence-corrected chi connectivity index (χ0v) is 25.8. The predicted octanol–water partition coefficient (Wildman–Crippen LogP) is 5.50. The van der Waals surface area contributed by atoms with Gasteiger partial charge in [0.25, 0.3) is 11.8 Å². The Hall–Kier alpha value is -4.18. The second kappa shape index (κ2) is 12.9. The molecule has 3 heterocycles. The van der Waals surface area contributed by atoms with E-state index in [4.69, 9.17) is 9.47 Å². The number of amides is 2. The van der Waals surface area contributed by atoms with Crippen LogP contribution < -0.4 is 0 Å². The lowest BCUT2D eigenvalue weighted by Gasteiger charge is -2.42. The molecular formula is C38H38N2O6. The molecule has 0 aliphatic carbocycles. The smallest absolute Gasteiger partial charge is 0.261 e. The number of carbonyl (C=O) groups excluding carboxylic acids is 2. The monoisotopic (exact) mass is 618 g/mol. The van der Waals surface area contributed by atoms with E-state index in [1.807, 2.05) is 72.8 Å². The van der Waals surface area contributed by atoms with Gasteiger partial charge >= 0.3 is 0 Å². The summed E-state index contributed by atoms with van der Waals surface area (Å²) in [6.45, 7) is 4.49. The van der Waals surface area contributed by atoms with Crippen molar-refractivity contribution in [1.82, 2.24) is 9.80 Å². The summed E-state index contributed by atoms with van der Waals surface area (Å²) in [5.41, 5.74) is 6.43. The zero-order valence-electron chi connectivity index (χ0n) is 25.8. The van der Waals surface area contributed by atoms with Crippen molar-refractivity contribution in [3.63, 3.8) is 0 Å². The van der Waals surface area contributed by atoms with Crippen LogP contribution in [0.4, 0.5) is 0 Å². The molecule has 3 aliphatic heterocycles. The molecule has 5 unspecified atom stereocenters. The van der Waals surface area contributed by atoms with Crippen LogP contribution in [0.15, 0.2) is 97.1 Å². The highest BCUT2D eigenvalue weighted by Gasteiger charge is 2.40. The Morgan fingerprint density at radius 2 is 1.41 bits per heavy atom. The van der Waals surface area contributed by atoms with E-state index < -0.39 is 6.29 Å². The lowest BCUT2D eigenvalue weighted by molar-refractivity contribution is -0.276. The van der Waals surface area contributed by atoms with Crippen molar-refractivity contribution in [3.8, 4) is 11.1 Å². The predicted molar refractivity (Wildman–Crippen MR) is 173 cm³/mol. The maximum Gasteiger partial charge on any atom is 0.261 e. The second-order valence-corrected chi connectivity index (χ2v) is 12.5. The molecule has 2 amide bonds. The minimum Gasteiger partial charge on any atom is -0.392 e. The van der Waals surface area contributed by atoms with Gasteiger partial charge in [0, 0.05) is 31.1 Å². The first-order valence-electron chi connectivity index (χ1n) is 15.9. The van der Waals surface area contributed by atoms with Crippen LogP contribution >= 0.6 is 0 Å². The van der Waals surface area contributed by atoms with Gasteiger partial charge in [-0.25, -0.2) is 0 Å². The third-order valence-electron chi connectivity index (χ3n) is 9.53. The number of rotatable bonds is 8. The van der Waals surface area contributed by atoms with Gasteiger partial charge in [0.15, 0.2) is 6.29 Å². The number of aliphatic hydroxyl groups excluding tert-OH is 2. The number of aliphatic hydroxyl groups is 2. The van der Waals surface area contributed by atoms with Crippen LogP contribution in [0.5, 0.6) is 0 Å². The Morgan fingerprint density at radius 1 is 0.783 bits per heavy atom. The van der Waals surface area contributed by atoms with Gasteiger partial charge in [0.1, 0.15) is 0 Å². The first kappa shape index (κ1) is 30.5. The van der Waals surface area contributed by atoms with Crippen molar-refractivity contribution < 1.29 is 29.3 Å². The van der Waals surface area contributed by atoms with E-state index in [2.05, 4.69) is 11.8 Å². The van der Waals surface area contributed by atoms with Gasteiger partial charge in [-0.1, -0.05) is 91.9 Å². The first-order valence-corrected chi connectivity index (χ1v) is 15.9. The van der Waals surface area contributed by atoms with Gasteiger partial charge in [0.2, 0.25) is 0 Å². The lowest BCUT2D eigenvalue weighted by Crippen LogP contribution is -2.44. The molecule has 2 fully saturated rings. The van der Waals surface area contributed by atoms with Crippen molar-refractivity contribution >= 4 is 11.8 Å². The Kier molecular flexibility index (Phi) is 8.55. The number of benzene rings is 4. The molecule has 46 heavy (non-hydrogen) atoms. The highest BCUT2D eigenvalue weighted by Crippen LogP contribution is 2.42. The molecule has 2 saturated heterocycles. The van der Waals surface area contributed by atoms with E-state index in [9.17, 15) is 19.8 Å². The molecule has 0 radical (unpaired) electrons. The fourth-order valence-corrected chi connectivity index (χ4v) is 6.87. The van der Waals surface area contributed by atoms with Crippen LogP contribution in [-0.2, 0) is 22.6 Å². The molecule has 3 aliphatic rings. The number of hydrogen-bond donors (Lipinski definition) is 2. The molecule has 0 spiro atoms. The summed E-state index contributed by atoms with van der Waals surface area (Å²) in [5.74, 6) is -0.488. The average molecular weight is 619 g/mol. The molecule has 236 valence electrons. The Labute approximate surface area is 268 Å². The number of β-amino-alcohol motifs (C(OH)–C–C–N with tert-alkyl or cyclic N) is 1. The van der Waals surface area contributed by atoms with Crippen molar-refractivity contribution in [2.75, 3.05) is 19.6 Å². The van der Waals surface area contributed by atoms with Crippen LogP contribution in [-0.4, -0.2) is 63.7 Å². The number of hydrogen-bond acceptors (Lipinski definition) is 7. The summed E-state index contributed by atoms with van der Waals surface area (Å²) >= 11 is 0. The van der Waals surface area contributed by atoms with Gasteiger partial charge in [0.05, 0.1) is 42.6 Å². The standard InChI is InChI=1S/C38H38N2O6/c1-24-34(22-39-19-18-30(42)21-39)45-38(46-35(24)27-12-10-25(23-41)11-13-27)28-16-14-26(15-17-28)31-7-3-2-6-29(31)20-40-36(43)32-8-4-5-9-33(32)37(40)44/h2-17,24,30,34-35,38,41-42H,18-23H2,1H3. The third kappa shape index (κ3) is 5.90. The molecule has 0 aromatic heterocycles. The highest BCUT2D eigenvalue weighted by molar-refractivity contribution is 6.21. The summed E-state index contributed by atoms with van der Waals surface area (Å²) in [7, 11) is 0. The van der Waals surface area contributed by atoms with E-state index in [1.165, 1.54) is 4.90 Å². The zero-order chi connectivity index (χ0) is 31.8. The summed E-state index contributed by atoms with van der Waals surface area (Å²) in [5, 5.41) is 19.7. The Bertz CT molecular complexity index is 1690. The van der Waals surface area contributed by atoms with Gasteiger partial charge < -0.3 is 19.7 Å². The largest absolute Gasteiger partial charge is 0.392 e. The molecular weight excluding hydrogens is 580 g/mol. The summed E-state index contributed by atoms with van der Waals surface area (Å²) in [6.07, 6.45) is -0.474. The molecule has 2 N–H and O–H groups in total. The van der Waals surface area contributed by atoms with Crippen LogP contribution in [0.3, 0.4) is 0 Å². The number of fused-ring (bicyclic) bond motifs is 1. The maximum atomic E-state index is 13.1. The quantitative estimate of drug-likeness (QED) is 0.252. The number of likely N-dealkylation sites (tertiary alicyclic amines) is 1. The Morgan fingerprint density at radius 3 is 2.04 bits per heavy atom. The second-order valence-electron chi connectivity index (χ2n) is 12.5. The summed E-state index contributed by atoms with van der Waals surface area (Å²) < 4.78 is 13.3. The third-order valence-corrected chi connectivity index (χ3v) is 9.53. The molecule has 8 nitrogen and oxygen atoms in total. The topological polar surface area (TPSA) is 99.5 Å². The van der Waals surface area contributed by atoms with Gasteiger partial charge in [-0.3, -0.25) is 19.4 Å². The van der Waals surface area contributed by atoms with E-state index in [1.54, 1.807) is 24.3 Å². The van der Waals surface area contributed by atoms with Gasteiger partial charge in [-0.2, -0.15) is 0 Å². The normalized spacial score (nSPS) is 24.8. The first-order chi connectivity index (χ1) is 22.4. The highest BCUT2D eigenvalue weighted by atomic mass is 16.7. The fraction of sp³-hybridized carbons (Fsp3) is 0.316.